The third kappa shape index (κ3) is 3.68. The molecule has 5 aromatic rings. The largest absolute Gasteiger partial charge is 0.467 e. The van der Waals surface area contributed by atoms with Gasteiger partial charge < -0.3 is 23.9 Å². The maximum Gasteiger partial charge on any atom is 0.171 e. The smallest absolute Gasteiger partial charge is 0.171 e. The van der Waals surface area contributed by atoms with Crippen LogP contribution in [0, 0.1) is 0 Å². The van der Waals surface area contributed by atoms with E-state index in [4.69, 9.17) is 35.4 Å². The SMILES string of the molecule is S=C(NCc1ccco1)Nc1ccc2nc(-c3ccco3)c(-c3ccco3)nc2c1. The van der Waals surface area contributed by atoms with Crippen LogP contribution in [-0.4, -0.2) is 15.1 Å². The van der Waals surface area contributed by atoms with Gasteiger partial charge in [-0.15, -0.1) is 0 Å². The Bertz CT molecular complexity index is 1280. The van der Waals surface area contributed by atoms with Crippen LogP contribution in [0.3, 0.4) is 0 Å². The standard InChI is InChI=1S/C22H16N4O3S/c30-22(23-13-15-4-1-9-27-15)24-14-7-8-16-17(12-14)26-21(19-6-3-11-29-19)20(25-16)18-5-2-10-28-18/h1-12H,13H2,(H2,23,24,30). The van der Waals surface area contributed by atoms with Crippen LogP contribution in [0.5, 0.6) is 0 Å². The highest BCUT2D eigenvalue weighted by molar-refractivity contribution is 7.80. The van der Waals surface area contributed by atoms with Crippen LogP contribution >= 0.6 is 12.2 Å². The van der Waals surface area contributed by atoms with Gasteiger partial charge in [0.05, 0.1) is 36.4 Å². The highest BCUT2D eigenvalue weighted by Crippen LogP contribution is 2.32. The number of fused-ring (bicyclic) bond motifs is 1. The first kappa shape index (κ1) is 18.1. The molecule has 5 rings (SSSR count). The number of hydrogen-bond donors (Lipinski definition) is 2. The molecule has 4 heterocycles. The van der Waals surface area contributed by atoms with E-state index in [-0.39, 0.29) is 0 Å². The van der Waals surface area contributed by atoms with E-state index in [1.807, 2.05) is 54.6 Å². The van der Waals surface area contributed by atoms with Gasteiger partial charge in [0.2, 0.25) is 0 Å². The lowest BCUT2D eigenvalue weighted by Crippen LogP contribution is -2.27. The summed E-state index contributed by atoms with van der Waals surface area (Å²) in [5.74, 6) is 2.04. The number of rotatable bonds is 5. The molecule has 30 heavy (non-hydrogen) atoms. The summed E-state index contributed by atoms with van der Waals surface area (Å²) in [5, 5.41) is 6.75. The van der Waals surface area contributed by atoms with Gasteiger partial charge in [-0.25, -0.2) is 9.97 Å². The summed E-state index contributed by atoms with van der Waals surface area (Å²) in [6, 6.07) is 16.7. The van der Waals surface area contributed by atoms with Crippen molar-refractivity contribution in [3.63, 3.8) is 0 Å². The van der Waals surface area contributed by atoms with E-state index in [0.717, 1.165) is 17.0 Å². The fourth-order valence-electron chi connectivity index (χ4n) is 3.06. The monoisotopic (exact) mass is 416 g/mol. The molecule has 0 fully saturated rings. The first-order chi connectivity index (χ1) is 14.8. The molecule has 2 N–H and O–H groups in total. The number of anilines is 1. The minimum atomic E-state index is 0.483. The molecular weight excluding hydrogens is 400 g/mol. The molecule has 0 bridgehead atoms. The maximum atomic E-state index is 5.57. The van der Waals surface area contributed by atoms with Crippen LogP contribution in [-0.2, 0) is 6.54 Å². The number of aromatic nitrogens is 2. The van der Waals surface area contributed by atoms with Gasteiger partial charge in [-0.3, -0.25) is 0 Å². The Morgan fingerprint density at radius 2 is 1.47 bits per heavy atom. The lowest BCUT2D eigenvalue weighted by Gasteiger charge is -2.11. The summed E-state index contributed by atoms with van der Waals surface area (Å²) < 4.78 is 16.4. The van der Waals surface area contributed by atoms with Crippen molar-refractivity contribution in [3.8, 4) is 22.9 Å². The summed E-state index contributed by atoms with van der Waals surface area (Å²) >= 11 is 5.37. The molecule has 0 radical (unpaired) electrons. The van der Waals surface area contributed by atoms with E-state index in [0.29, 0.717) is 40.1 Å². The molecule has 0 unspecified atom stereocenters. The zero-order chi connectivity index (χ0) is 20.3. The predicted molar refractivity (Wildman–Crippen MR) is 117 cm³/mol. The molecule has 8 heteroatoms. The lowest BCUT2D eigenvalue weighted by atomic mass is 10.1. The van der Waals surface area contributed by atoms with Gasteiger partial charge in [0.25, 0.3) is 0 Å². The van der Waals surface area contributed by atoms with Crippen LogP contribution in [0.25, 0.3) is 33.9 Å². The van der Waals surface area contributed by atoms with Crippen molar-refractivity contribution < 1.29 is 13.3 Å². The van der Waals surface area contributed by atoms with Crippen LogP contribution in [0.4, 0.5) is 5.69 Å². The molecule has 148 valence electrons. The second-order valence-corrected chi connectivity index (χ2v) is 6.87. The first-order valence-electron chi connectivity index (χ1n) is 9.23. The van der Waals surface area contributed by atoms with Crippen LogP contribution in [0.15, 0.2) is 86.6 Å². The summed E-state index contributed by atoms with van der Waals surface area (Å²) in [4.78, 5) is 9.55. The van der Waals surface area contributed by atoms with Gasteiger partial charge in [0.15, 0.2) is 16.6 Å². The van der Waals surface area contributed by atoms with E-state index in [1.165, 1.54) is 0 Å². The number of nitrogens with one attached hydrogen (secondary N) is 2. The quantitative estimate of drug-likeness (QED) is 0.377. The highest BCUT2D eigenvalue weighted by Gasteiger charge is 2.17. The Labute approximate surface area is 176 Å². The molecule has 0 aliphatic carbocycles. The minimum absolute atomic E-state index is 0.483. The molecule has 0 amide bonds. The van der Waals surface area contributed by atoms with Crippen molar-refractivity contribution in [2.45, 2.75) is 6.54 Å². The van der Waals surface area contributed by atoms with Gasteiger partial charge >= 0.3 is 0 Å². The molecule has 1 aromatic carbocycles. The summed E-state index contributed by atoms with van der Waals surface area (Å²) in [7, 11) is 0. The Kier molecular flexibility index (Phi) is 4.74. The van der Waals surface area contributed by atoms with E-state index < -0.39 is 0 Å². The molecule has 0 saturated carbocycles. The second-order valence-electron chi connectivity index (χ2n) is 6.47. The van der Waals surface area contributed by atoms with Crippen LogP contribution < -0.4 is 10.6 Å². The summed E-state index contributed by atoms with van der Waals surface area (Å²) in [6.07, 6.45) is 4.84. The number of nitrogens with zero attached hydrogens (tertiary/aromatic N) is 2. The van der Waals surface area contributed by atoms with Gasteiger partial charge in [-0.1, -0.05) is 0 Å². The highest BCUT2D eigenvalue weighted by atomic mass is 32.1. The van der Waals surface area contributed by atoms with E-state index >= 15 is 0 Å². The fourth-order valence-corrected chi connectivity index (χ4v) is 3.25. The van der Waals surface area contributed by atoms with Crippen molar-refractivity contribution in [2.24, 2.45) is 0 Å². The zero-order valence-electron chi connectivity index (χ0n) is 15.7. The van der Waals surface area contributed by atoms with Crippen molar-refractivity contribution in [1.82, 2.24) is 15.3 Å². The first-order valence-corrected chi connectivity index (χ1v) is 9.64. The van der Waals surface area contributed by atoms with Gasteiger partial charge in [-0.2, -0.15) is 0 Å². The number of furan rings is 3. The molecule has 0 aliphatic rings. The molecule has 0 spiro atoms. The Morgan fingerprint density at radius 3 is 2.10 bits per heavy atom. The van der Waals surface area contributed by atoms with Gasteiger partial charge in [0.1, 0.15) is 17.1 Å². The lowest BCUT2D eigenvalue weighted by molar-refractivity contribution is 0.503. The third-order valence-corrected chi connectivity index (χ3v) is 4.68. The molecule has 0 saturated heterocycles. The van der Waals surface area contributed by atoms with Crippen molar-refractivity contribution in [2.75, 3.05) is 5.32 Å². The topological polar surface area (TPSA) is 89.3 Å². The number of hydrogen-bond acceptors (Lipinski definition) is 6. The van der Waals surface area contributed by atoms with Crippen molar-refractivity contribution in [1.29, 1.82) is 0 Å². The Morgan fingerprint density at radius 1 is 0.800 bits per heavy atom. The molecular formula is C22H16N4O3S. The Balaban J connectivity index is 1.45. The average molecular weight is 416 g/mol. The molecule has 7 nitrogen and oxygen atoms in total. The summed E-state index contributed by atoms with van der Waals surface area (Å²) in [6.45, 7) is 0.501. The zero-order valence-corrected chi connectivity index (χ0v) is 16.5. The van der Waals surface area contributed by atoms with E-state index in [1.54, 1.807) is 18.8 Å². The molecule has 0 aliphatic heterocycles. The van der Waals surface area contributed by atoms with Crippen LogP contribution in [0.1, 0.15) is 5.76 Å². The average Bonchev–Trinajstić information content (AvgIpc) is 3.54. The van der Waals surface area contributed by atoms with Gasteiger partial charge in [0, 0.05) is 5.69 Å². The fraction of sp³-hybridized carbons (Fsp3) is 0.0455. The number of benzene rings is 1. The maximum absolute atomic E-state index is 5.57. The summed E-state index contributed by atoms with van der Waals surface area (Å²) in [5.41, 5.74) is 3.47. The van der Waals surface area contributed by atoms with Gasteiger partial charge in [-0.05, 0) is 66.8 Å². The molecule has 0 atom stereocenters. The van der Waals surface area contributed by atoms with E-state index in [2.05, 4.69) is 10.6 Å². The molecule has 4 aromatic heterocycles. The van der Waals surface area contributed by atoms with Crippen molar-refractivity contribution in [3.05, 3.63) is 79.1 Å². The van der Waals surface area contributed by atoms with Crippen LogP contribution in [0.2, 0.25) is 0 Å². The van der Waals surface area contributed by atoms with E-state index in [9.17, 15) is 0 Å². The predicted octanol–water partition coefficient (Wildman–Crippen LogP) is 5.23. The minimum Gasteiger partial charge on any atom is -0.467 e. The third-order valence-electron chi connectivity index (χ3n) is 4.43. The Hall–Kier alpha value is -3.91. The number of thiocarbonyl (C=S) groups is 1. The second kappa shape index (κ2) is 7.84. The normalized spacial score (nSPS) is 10.9. The van der Waals surface area contributed by atoms with Crippen molar-refractivity contribution >= 4 is 34.1 Å².